The maximum atomic E-state index is 16.4. The maximum Gasteiger partial charge on any atom is 0.509 e. The molecule has 3 aliphatic rings. The summed E-state index contributed by atoms with van der Waals surface area (Å²) in [4.78, 5) is 195. The number of anilines is 3. The van der Waals surface area contributed by atoms with Gasteiger partial charge in [0.1, 0.15) is 100 Å². The average Bonchev–Trinajstić information content (AvgIpc) is 1.63. The molecule has 3 aromatic rings. The Morgan fingerprint density at radius 2 is 0.628 bits per heavy atom. The zero-order chi connectivity index (χ0) is 97.2. The Hall–Kier alpha value is -11.2. The SMILES string of the molecule is CC(C)(C)OC(=O)NCCCC(=O)NC(COCCC(=O)Nc1ccn([C@@H]2O[C@H](COC(=O)OC(C)(C)C)[C@@H](OC(=O)OC(C)(C)C)C2(F)F)c(=O)n1)(COCCC(=O)Nc1ccn([C@@H]2O[C@H](COC(=O)OC(C)(C)C)[C@@H](OC(=O)OC(C)(C)C)C2(F)F)c(=O)n1)COCCC(=O)Nc1ccn([C@@H]2O[C@H](COC(=O)OC(C)(C)C)[C@@H](OC(=O)OC(C)(C)C)C2(F)F)c(=O)n1. The highest BCUT2D eigenvalue weighted by Gasteiger charge is 2.66. The predicted molar refractivity (Wildman–Crippen MR) is 428 cm³/mol. The lowest BCUT2D eigenvalue weighted by molar-refractivity contribution is -0.149. The van der Waals surface area contributed by atoms with Crippen molar-refractivity contribution >= 4 is 84.1 Å². The van der Waals surface area contributed by atoms with E-state index in [1.165, 1.54) is 125 Å². The summed E-state index contributed by atoms with van der Waals surface area (Å²) < 4.78 is 200. The number of alkyl halides is 6. The molecule has 3 saturated heterocycles. The van der Waals surface area contributed by atoms with Gasteiger partial charge in [-0.1, -0.05) is 0 Å². The van der Waals surface area contributed by atoms with Crippen LogP contribution in [0.3, 0.4) is 0 Å². The smallest absolute Gasteiger partial charge is 0.444 e. The van der Waals surface area contributed by atoms with Crippen LogP contribution >= 0.6 is 0 Å². The van der Waals surface area contributed by atoms with E-state index < -0.39 is 298 Å². The van der Waals surface area contributed by atoms with Gasteiger partial charge in [0, 0.05) is 31.6 Å². The number of aromatic nitrogens is 6. The van der Waals surface area contributed by atoms with E-state index in [9.17, 15) is 67.1 Å². The van der Waals surface area contributed by atoms with Crippen molar-refractivity contribution in [2.24, 2.45) is 0 Å². The molecule has 9 atom stereocenters. The largest absolute Gasteiger partial charge is 0.509 e. The number of rotatable bonds is 35. The topological polar surface area (TPSA) is 528 Å². The Kier molecular flexibility index (Phi) is 35.9. The number of nitrogens with zero attached hydrogens (tertiary/aromatic N) is 6. The van der Waals surface area contributed by atoms with Gasteiger partial charge in [0.25, 0.3) is 0 Å². The zero-order valence-corrected chi connectivity index (χ0v) is 75.2. The number of amides is 5. The molecule has 0 radical (unpaired) electrons. The van der Waals surface area contributed by atoms with Crippen molar-refractivity contribution in [2.45, 2.75) is 295 Å². The predicted octanol–water partition coefficient (Wildman–Crippen LogP) is 9.37. The van der Waals surface area contributed by atoms with Gasteiger partial charge in [-0.2, -0.15) is 41.3 Å². The van der Waals surface area contributed by atoms with Crippen molar-refractivity contribution in [1.82, 2.24) is 39.3 Å². The quantitative estimate of drug-likeness (QED) is 0.0158. The van der Waals surface area contributed by atoms with Crippen LogP contribution in [0.15, 0.2) is 51.2 Å². The van der Waals surface area contributed by atoms with E-state index in [-0.39, 0.29) is 19.4 Å². The summed E-state index contributed by atoms with van der Waals surface area (Å²) >= 11 is 0. The molecule has 724 valence electrons. The Morgan fingerprint density at radius 1 is 0.372 bits per heavy atom. The summed E-state index contributed by atoms with van der Waals surface area (Å²) in [6.45, 7) is 24.1. The molecule has 0 aromatic carbocycles. The Labute approximate surface area is 735 Å². The summed E-state index contributed by atoms with van der Waals surface area (Å²) in [5.74, 6) is -18.0. The first-order valence-electron chi connectivity index (χ1n) is 40.3. The molecule has 6 heterocycles. The van der Waals surface area contributed by atoms with Crippen LogP contribution in [0.1, 0.15) is 196 Å². The number of nitrogens with one attached hydrogen (secondary N) is 5. The second kappa shape index (κ2) is 43.4. The normalized spacial score (nSPS) is 20.3. The second-order valence-corrected chi connectivity index (χ2v) is 36.4. The lowest BCUT2D eigenvalue weighted by Gasteiger charge is -2.34. The molecule has 5 amide bonds. The number of ether oxygens (including phenoxy) is 19. The molecule has 3 aliphatic heterocycles. The summed E-state index contributed by atoms with van der Waals surface area (Å²) in [6, 6.07) is 2.74. The monoisotopic (exact) mass is 1860 g/mol. The first kappa shape index (κ1) is 107. The number of hydrogen-bond acceptors (Lipinski definition) is 36. The van der Waals surface area contributed by atoms with E-state index in [1.54, 1.807) is 20.8 Å². The molecular formula is C79H113F6N11O33. The van der Waals surface area contributed by atoms with Gasteiger partial charge in [-0.05, 0) is 170 Å². The fourth-order valence-corrected chi connectivity index (χ4v) is 11.4. The molecule has 0 unspecified atom stereocenters. The molecule has 0 spiro atoms. The minimum Gasteiger partial charge on any atom is -0.444 e. The fraction of sp³-hybridized carbons (Fsp3) is 0.709. The Balaban J connectivity index is 1.24. The van der Waals surface area contributed by atoms with Crippen molar-refractivity contribution in [2.75, 3.05) is 82.0 Å². The number of halogens is 6. The van der Waals surface area contributed by atoms with Crippen LogP contribution in [-0.4, -0.2) is 260 Å². The van der Waals surface area contributed by atoms with E-state index in [0.717, 1.165) is 36.8 Å². The van der Waals surface area contributed by atoms with Gasteiger partial charge < -0.3 is 117 Å². The van der Waals surface area contributed by atoms with E-state index in [0.29, 0.717) is 13.7 Å². The molecule has 44 nitrogen and oxygen atoms in total. The average molecular weight is 1860 g/mol. The van der Waals surface area contributed by atoms with Crippen molar-refractivity contribution in [3.63, 3.8) is 0 Å². The van der Waals surface area contributed by atoms with Gasteiger partial charge in [0.2, 0.25) is 60.6 Å². The molecule has 50 heteroatoms. The van der Waals surface area contributed by atoms with E-state index >= 15 is 26.3 Å². The first-order valence-corrected chi connectivity index (χ1v) is 40.3. The summed E-state index contributed by atoms with van der Waals surface area (Å²) in [6.07, 6.45) is -30.8. The first-order chi connectivity index (χ1) is 59.2. The van der Waals surface area contributed by atoms with Crippen molar-refractivity contribution in [1.29, 1.82) is 0 Å². The maximum absolute atomic E-state index is 16.4. The van der Waals surface area contributed by atoms with Crippen LogP contribution in [0.25, 0.3) is 0 Å². The molecular weight excluding hydrogens is 1740 g/mol. The highest BCUT2D eigenvalue weighted by molar-refractivity contribution is 5.91. The fourth-order valence-electron chi connectivity index (χ4n) is 11.4. The molecule has 0 saturated carbocycles. The minimum atomic E-state index is -4.28. The number of hydrogen-bond donors (Lipinski definition) is 5. The van der Waals surface area contributed by atoms with E-state index in [4.69, 9.17) is 90.0 Å². The number of alkyl carbamates (subject to hydrolysis) is 1. The number of carbonyl (C=O) groups is 11. The third-order valence-electron chi connectivity index (χ3n) is 16.4. The Bertz CT molecular complexity index is 4210. The molecule has 3 aromatic heterocycles. The lowest BCUT2D eigenvalue weighted by atomic mass is 10.0. The number of carbonyl (C=O) groups excluding carboxylic acids is 11. The van der Waals surface area contributed by atoms with Crippen LogP contribution in [0.2, 0.25) is 0 Å². The van der Waals surface area contributed by atoms with Crippen molar-refractivity contribution in [3.8, 4) is 0 Å². The molecule has 0 aliphatic carbocycles. The summed E-state index contributed by atoms with van der Waals surface area (Å²) in [5.41, 5.74) is -14.2. The zero-order valence-electron chi connectivity index (χ0n) is 75.2. The van der Waals surface area contributed by atoms with E-state index in [1.807, 2.05) is 0 Å². The van der Waals surface area contributed by atoms with E-state index in [2.05, 4.69) is 41.5 Å². The van der Waals surface area contributed by atoms with Crippen LogP contribution in [0.4, 0.5) is 77.4 Å². The summed E-state index contributed by atoms with van der Waals surface area (Å²) in [5, 5.41) is 12.1. The van der Waals surface area contributed by atoms with Gasteiger partial charge in [-0.3, -0.25) is 32.9 Å². The third kappa shape index (κ3) is 34.9. The lowest BCUT2D eigenvalue weighted by Crippen LogP contribution is -2.58. The highest BCUT2D eigenvalue weighted by Crippen LogP contribution is 2.48. The second-order valence-electron chi connectivity index (χ2n) is 36.4. The van der Waals surface area contributed by atoms with Crippen LogP contribution < -0.4 is 43.7 Å². The van der Waals surface area contributed by atoms with Gasteiger partial charge in [-0.15, -0.1) is 0 Å². The molecule has 5 N–H and O–H groups in total. The van der Waals surface area contributed by atoms with Crippen molar-refractivity contribution < 1.29 is 169 Å². The minimum absolute atomic E-state index is 0.0561. The molecule has 3 fully saturated rings. The van der Waals surface area contributed by atoms with Crippen molar-refractivity contribution in [3.05, 3.63) is 68.2 Å². The molecule has 6 rings (SSSR count). The highest BCUT2D eigenvalue weighted by atomic mass is 19.3. The molecule has 0 bridgehead atoms. The molecule has 129 heavy (non-hydrogen) atoms. The Morgan fingerprint density at radius 3 is 0.876 bits per heavy atom. The van der Waals surface area contributed by atoms with Gasteiger partial charge in [-0.25, -0.2) is 47.9 Å². The summed E-state index contributed by atoms with van der Waals surface area (Å²) in [7, 11) is 0. The van der Waals surface area contributed by atoms with Crippen LogP contribution in [0.5, 0.6) is 0 Å². The van der Waals surface area contributed by atoms with Crippen LogP contribution in [-0.2, 0) is 109 Å². The standard InChI is InChI=1S/C79H113F6N11O33/c1-69(2,3)123-62(104)86-30-22-23-52(100)93-76(40-111-34-27-49(97)87-46-24-31-94(59(101)90-46)56-77(80,81)53(120-66(108)127-73(13,14)15)43(117-56)37-114-63(105)124-70(4,5)6,41-112-35-28-50(98)88-47-25-32-95(60(102)91-47)57-78(82,83)54(121-67(109)128-74(16,17)18)44(118-57)38-115-64(106)125-71(7,8)9)42-113-36-29-51(99)89-48-26-33-96(61(103)92-48)58-79(84,85)55(122-68(110)129-75(19,20)21)45(119-58)39-116-65(107)126-72(10,11)12/h24-26,31-33,43-45,53-58H,22-23,27-30,34-42H2,1-21H3,(H,86,104)(H,93,100)(H,87,90,97,101)(H,88,91,98,102)(H,89,92,99,103)/t43-,44-,45-,53-,54-,55-,56-,57-,58-/m1/s1. The van der Waals surface area contributed by atoms with Gasteiger partial charge in [0.15, 0.2) is 0 Å². The third-order valence-corrected chi connectivity index (χ3v) is 16.4. The van der Waals surface area contributed by atoms with Gasteiger partial charge in [0.05, 0.1) is 58.9 Å². The van der Waals surface area contributed by atoms with Gasteiger partial charge >= 0.3 is 77.9 Å². The van der Waals surface area contributed by atoms with Crippen LogP contribution in [0, 0.1) is 0 Å².